The molecule has 4 rings (SSSR count). The van der Waals surface area contributed by atoms with Crippen LogP contribution in [-0.2, 0) is 4.74 Å². The first-order valence-corrected chi connectivity index (χ1v) is 10.1. The fraction of sp³-hybridized carbons (Fsp3) is 0.273. The summed E-state index contributed by atoms with van der Waals surface area (Å²) in [5.74, 6) is 0.876. The summed E-state index contributed by atoms with van der Waals surface area (Å²) in [4.78, 5) is 17.4. The number of aryl methyl sites for hydroxylation is 1. The average molecular weight is 394 g/mol. The van der Waals surface area contributed by atoms with Gasteiger partial charge in [0.25, 0.3) is 0 Å². The number of nitrogens with one attached hydrogen (secondary N) is 1. The number of ether oxygens (including phenoxy) is 2. The van der Waals surface area contributed by atoms with Gasteiger partial charge in [-0.25, -0.2) is 4.79 Å². The van der Waals surface area contributed by atoms with Crippen molar-refractivity contribution in [3.63, 3.8) is 0 Å². The number of esters is 1. The Hall–Kier alpha value is -2.86. The quantitative estimate of drug-likeness (QED) is 0.625. The minimum Gasteiger partial charge on any atom is -0.493 e. The first-order valence-electron chi connectivity index (χ1n) is 9.24. The number of methoxy groups -OCH3 is 1. The van der Waals surface area contributed by atoms with Crippen LogP contribution in [0, 0.1) is 6.92 Å². The minimum atomic E-state index is -0.368. The molecule has 0 spiro atoms. The topological polar surface area (TPSA) is 60.5 Å². The number of nitrogens with zero attached hydrogens (tertiary/aromatic N) is 1. The van der Waals surface area contributed by atoms with E-state index in [2.05, 4.69) is 46.9 Å². The van der Waals surface area contributed by atoms with Crippen molar-refractivity contribution in [2.24, 2.45) is 0 Å². The van der Waals surface area contributed by atoms with E-state index in [-0.39, 0.29) is 5.97 Å². The van der Waals surface area contributed by atoms with Gasteiger partial charge in [-0.05, 0) is 53.6 Å². The normalized spacial score (nSPS) is 15.4. The summed E-state index contributed by atoms with van der Waals surface area (Å²) < 4.78 is 10.8. The summed E-state index contributed by atoms with van der Waals surface area (Å²) >= 11 is 1.75. The van der Waals surface area contributed by atoms with Gasteiger partial charge in [-0.2, -0.15) is 0 Å². The van der Waals surface area contributed by atoms with Crippen LogP contribution in [0.1, 0.15) is 33.1 Å². The van der Waals surface area contributed by atoms with Crippen LogP contribution in [-0.4, -0.2) is 31.2 Å². The number of aromatic nitrogens is 1. The Labute approximate surface area is 168 Å². The SMILES string of the molecule is COC(=O)c1ccncc1NC[C@H]1CCOc2cc(-c3ccsc3C)ccc21. The third-order valence-electron chi connectivity index (χ3n) is 5.11. The molecule has 0 aliphatic carbocycles. The number of benzene rings is 1. The number of carbonyl (C=O) groups excluding carboxylic acids is 1. The molecule has 0 radical (unpaired) electrons. The predicted octanol–water partition coefficient (Wildman–Crippen LogP) is 4.88. The van der Waals surface area contributed by atoms with E-state index in [1.807, 2.05) is 0 Å². The Morgan fingerprint density at radius 1 is 1.36 bits per heavy atom. The highest BCUT2D eigenvalue weighted by atomic mass is 32.1. The lowest BCUT2D eigenvalue weighted by Gasteiger charge is -2.27. The largest absolute Gasteiger partial charge is 0.493 e. The zero-order valence-corrected chi connectivity index (χ0v) is 16.7. The molecule has 0 amide bonds. The molecule has 0 saturated heterocycles. The molecule has 0 bridgehead atoms. The van der Waals surface area contributed by atoms with E-state index >= 15 is 0 Å². The van der Waals surface area contributed by atoms with Gasteiger partial charge in [-0.3, -0.25) is 4.98 Å². The monoisotopic (exact) mass is 394 g/mol. The molecule has 1 atom stereocenters. The van der Waals surface area contributed by atoms with E-state index in [9.17, 15) is 4.79 Å². The number of carbonyl (C=O) groups is 1. The Morgan fingerprint density at radius 3 is 3.04 bits per heavy atom. The summed E-state index contributed by atoms with van der Waals surface area (Å²) in [5, 5.41) is 5.49. The van der Waals surface area contributed by atoms with Crippen molar-refractivity contribution in [1.29, 1.82) is 0 Å². The molecule has 6 heteroatoms. The molecule has 1 aromatic carbocycles. The molecule has 1 aliphatic rings. The summed E-state index contributed by atoms with van der Waals surface area (Å²) in [7, 11) is 1.38. The minimum absolute atomic E-state index is 0.298. The first kappa shape index (κ1) is 18.5. The van der Waals surface area contributed by atoms with Crippen molar-refractivity contribution in [3.8, 4) is 16.9 Å². The predicted molar refractivity (Wildman–Crippen MR) is 111 cm³/mol. The second kappa shape index (κ2) is 8.02. The molecule has 1 aliphatic heterocycles. The van der Waals surface area contributed by atoms with Gasteiger partial charge in [0.05, 0.1) is 31.2 Å². The molecule has 0 fully saturated rings. The third-order valence-corrected chi connectivity index (χ3v) is 5.96. The summed E-state index contributed by atoms with van der Waals surface area (Å²) in [6.07, 6.45) is 4.18. The molecule has 5 nitrogen and oxygen atoms in total. The number of hydrogen-bond acceptors (Lipinski definition) is 6. The van der Waals surface area contributed by atoms with Crippen molar-refractivity contribution < 1.29 is 14.3 Å². The van der Waals surface area contributed by atoms with Crippen molar-refractivity contribution in [1.82, 2.24) is 4.98 Å². The smallest absolute Gasteiger partial charge is 0.340 e. The third kappa shape index (κ3) is 3.60. The van der Waals surface area contributed by atoms with Crippen LogP contribution in [0.25, 0.3) is 11.1 Å². The van der Waals surface area contributed by atoms with E-state index in [1.54, 1.807) is 29.8 Å². The van der Waals surface area contributed by atoms with Crippen LogP contribution < -0.4 is 10.1 Å². The van der Waals surface area contributed by atoms with Crippen LogP contribution in [0.5, 0.6) is 5.75 Å². The molecule has 3 heterocycles. The number of pyridine rings is 1. The Balaban J connectivity index is 1.55. The number of fused-ring (bicyclic) bond motifs is 1. The second-order valence-corrected chi connectivity index (χ2v) is 7.89. The number of anilines is 1. The van der Waals surface area contributed by atoms with E-state index in [0.29, 0.717) is 30.3 Å². The molecule has 1 N–H and O–H groups in total. The standard InChI is InChI=1S/C22H22N2O3S/c1-14-17(7-10-28-14)15-3-4-18-16(6-9-27-21(18)11-15)12-24-20-13-23-8-5-19(20)22(25)26-2/h3-5,7-8,10-11,13,16,24H,6,9,12H2,1-2H3/t16-/m1/s1. The van der Waals surface area contributed by atoms with Gasteiger partial charge in [0.2, 0.25) is 0 Å². The molecule has 2 aromatic heterocycles. The van der Waals surface area contributed by atoms with E-state index in [0.717, 1.165) is 12.2 Å². The number of rotatable bonds is 5. The second-order valence-electron chi connectivity index (χ2n) is 6.77. The lowest BCUT2D eigenvalue weighted by Crippen LogP contribution is -2.21. The van der Waals surface area contributed by atoms with Crippen LogP contribution in [0.15, 0.2) is 48.1 Å². The molecule has 28 heavy (non-hydrogen) atoms. The highest BCUT2D eigenvalue weighted by molar-refractivity contribution is 7.10. The maximum atomic E-state index is 12.0. The van der Waals surface area contributed by atoms with Gasteiger partial charge in [-0.15, -0.1) is 11.3 Å². The Kier molecular flexibility index (Phi) is 5.30. The van der Waals surface area contributed by atoms with Crippen LogP contribution in [0.4, 0.5) is 5.69 Å². The first-order chi connectivity index (χ1) is 13.7. The Bertz CT molecular complexity index is 999. The fourth-order valence-electron chi connectivity index (χ4n) is 3.58. The lowest BCUT2D eigenvalue weighted by atomic mass is 9.91. The van der Waals surface area contributed by atoms with Gasteiger partial charge < -0.3 is 14.8 Å². The highest BCUT2D eigenvalue weighted by Crippen LogP contribution is 2.38. The van der Waals surface area contributed by atoms with Crippen molar-refractivity contribution in [2.75, 3.05) is 25.6 Å². The highest BCUT2D eigenvalue weighted by Gasteiger charge is 2.23. The fourth-order valence-corrected chi connectivity index (χ4v) is 4.30. The number of hydrogen-bond donors (Lipinski definition) is 1. The summed E-state index contributed by atoms with van der Waals surface area (Å²) in [5.41, 5.74) is 4.82. The molecular formula is C22H22N2O3S. The zero-order chi connectivity index (χ0) is 19.5. The lowest BCUT2D eigenvalue weighted by molar-refractivity contribution is 0.0601. The molecule has 144 valence electrons. The van der Waals surface area contributed by atoms with E-state index in [1.165, 1.54) is 28.7 Å². The van der Waals surface area contributed by atoms with E-state index in [4.69, 9.17) is 9.47 Å². The van der Waals surface area contributed by atoms with Crippen LogP contribution >= 0.6 is 11.3 Å². The molecular weight excluding hydrogens is 372 g/mol. The molecule has 0 unspecified atom stereocenters. The summed E-state index contributed by atoms with van der Waals surface area (Å²) in [6, 6.07) is 10.3. The molecule has 3 aromatic rings. The number of thiophene rings is 1. The average Bonchev–Trinajstić information content (AvgIpc) is 3.17. The maximum absolute atomic E-state index is 12.0. The maximum Gasteiger partial charge on any atom is 0.340 e. The zero-order valence-electron chi connectivity index (χ0n) is 15.9. The van der Waals surface area contributed by atoms with Gasteiger partial charge in [-0.1, -0.05) is 12.1 Å². The van der Waals surface area contributed by atoms with Gasteiger partial charge in [0.15, 0.2) is 0 Å². The van der Waals surface area contributed by atoms with E-state index < -0.39 is 0 Å². The Morgan fingerprint density at radius 2 is 2.25 bits per heavy atom. The van der Waals surface area contributed by atoms with Gasteiger partial charge >= 0.3 is 5.97 Å². The van der Waals surface area contributed by atoms with Crippen LogP contribution in [0.2, 0.25) is 0 Å². The van der Waals surface area contributed by atoms with Gasteiger partial charge in [0, 0.05) is 23.5 Å². The van der Waals surface area contributed by atoms with Crippen LogP contribution in [0.3, 0.4) is 0 Å². The summed E-state index contributed by atoms with van der Waals surface area (Å²) in [6.45, 7) is 3.52. The van der Waals surface area contributed by atoms with Crippen molar-refractivity contribution in [3.05, 3.63) is 64.1 Å². The van der Waals surface area contributed by atoms with Gasteiger partial charge in [0.1, 0.15) is 5.75 Å². The van der Waals surface area contributed by atoms with Crippen molar-refractivity contribution >= 4 is 23.0 Å². The molecule has 0 saturated carbocycles. The van der Waals surface area contributed by atoms with Crippen molar-refractivity contribution in [2.45, 2.75) is 19.3 Å².